The first-order valence-electron chi connectivity index (χ1n) is 9.06. The molecule has 2 aromatic carbocycles. The van der Waals surface area contributed by atoms with E-state index in [2.05, 4.69) is 27.9 Å². The molecule has 2 aliphatic heterocycles. The van der Waals surface area contributed by atoms with E-state index in [0.29, 0.717) is 13.1 Å². The second kappa shape index (κ2) is 7.43. The quantitative estimate of drug-likeness (QED) is 0.886. The maximum absolute atomic E-state index is 13.1. The minimum Gasteiger partial charge on any atom is -0.368 e. The lowest BCUT2D eigenvalue weighted by Crippen LogP contribution is -2.53. The summed E-state index contributed by atoms with van der Waals surface area (Å²) < 4.78 is 13.1. The van der Waals surface area contributed by atoms with E-state index in [4.69, 9.17) is 0 Å². The number of carbonyl (C=O) groups excluding carboxylic acids is 1. The maximum Gasteiger partial charge on any atom is 0.241 e. The van der Waals surface area contributed by atoms with E-state index in [0.717, 1.165) is 25.2 Å². The van der Waals surface area contributed by atoms with Crippen LogP contribution in [0.5, 0.6) is 0 Å². The van der Waals surface area contributed by atoms with Crippen LogP contribution in [-0.2, 0) is 4.79 Å². The molecule has 5 nitrogen and oxygen atoms in total. The first kappa shape index (κ1) is 17.0. The van der Waals surface area contributed by atoms with Crippen LogP contribution in [0.15, 0.2) is 54.6 Å². The molecule has 2 saturated heterocycles. The number of carbonyl (C=O) groups is 1. The van der Waals surface area contributed by atoms with Gasteiger partial charge in [0.2, 0.25) is 5.91 Å². The van der Waals surface area contributed by atoms with Crippen LogP contribution < -0.4 is 15.8 Å². The fourth-order valence-corrected chi connectivity index (χ4v) is 3.68. The largest absolute Gasteiger partial charge is 0.368 e. The number of amides is 1. The molecule has 0 aromatic heterocycles. The highest BCUT2D eigenvalue weighted by atomic mass is 19.1. The lowest BCUT2D eigenvalue weighted by molar-refractivity contribution is -0.133. The van der Waals surface area contributed by atoms with Crippen molar-refractivity contribution in [3.8, 4) is 0 Å². The molecule has 2 aromatic rings. The first-order chi connectivity index (χ1) is 12.7. The Morgan fingerprint density at radius 1 is 0.923 bits per heavy atom. The van der Waals surface area contributed by atoms with E-state index in [1.165, 1.54) is 17.7 Å². The maximum atomic E-state index is 13.1. The van der Waals surface area contributed by atoms with Crippen LogP contribution >= 0.6 is 0 Å². The van der Waals surface area contributed by atoms with Crippen molar-refractivity contribution in [2.24, 2.45) is 0 Å². The van der Waals surface area contributed by atoms with Crippen molar-refractivity contribution in [1.82, 2.24) is 15.8 Å². The monoisotopic (exact) mass is 354 g/mol. The minimum absolute atomic E-state index is 0.148. The number of hydrogen-bond donors (Lipinski definition) is 2. The summed E-state index contributed by atoms with van der Waals surface area (Å²) in [5, 5.41) is 0. The molecule has 2 aliphatic rings. The Labute approximate surface area is 152 Å². The molecule has 1 amide bonds. The fourth-order valence-electron chi connectivity index (χ4n) is 3.68. The highest BCUT2D eigenvalue weighted by Crippen LogP contribution is 2.23. The van der Waals surface area contributed by atoms with Crippen LogP contribution in [0.1, 0.15) is 18.0 Å². The van der Waals surface area contributed by atoms with Gasteiger partial charge in [-0.05, 0) is 36.2 Å². The van der Waals surface area contributed by atoms with Gasteiger partial charge >= 0.3 is 0 Å². The topological polar surface area (TPSA) is 47.6 Å². The summed E-state index contributed by atoms with van der Waals surface area (Å²) >= 11 is 0. The second-order valence-electron chi connectivity index (χ2n) is 6.83. The van der Waals surface area contributed by atoms with Gasteiger partial charge in [0.1, 0.15) is 11.9 Å². The zero-order chi connectivity index (χ0) is 17.9. The summed E-state index contributed by atoms with van der Waals surface area (Å²) in [5.41, 5.74) is 8.59. The third-order valence-electron chi connectivity index (χ3n) is 5.19. The molecule has 2 atom stereocenters. The minimum atomic E-state index is -0.227. The van der Waals surface area contributed by atoms with Gasteiger partial charge in [0.15, 0.2) is 0 Å². The zero-order valence-electron chi connectivity index (χ0n) is 14.6. The molecule has 0 radical (unpaired) electrons. The van der Waals surface area contributed by atoms with E-state index in [1.54, 1.807) is 12.1 Å². The van der Waals surface area contributed by atoms with Gasteiger partial charge in [-0.25, -0.2) is 15.2 Å². The predicted octanol–water partition coefficient (Wildman–Crippen LogP) is 2.08. The number of nitrogens with zero attached hydrogens (tertiary/aromatic N) is 2. The van der Waals surface area contributed by atoms with Crippen LogP contribution in [0.3, 0.4) is 0 Å². The van der Waals surface area contributed by atoms with Crippen molar-refractivity contribution in [2.75, 3.05) is 31.1 Å². The van der Waals surface area contributed by atoms with Crippen LogP contribution in [-0.4, -0.2) is 43.0 Å². The molecule has 2 unspecified atom stereocenters. The highest BCUT2D eigenvalue weighted by molar-refractivity contribution is 5.82. The molecule has 26 heavy (non-hydrogen) atoms. The van der Waals surface area contributed by atoms with E-state index >= 15 is 0 Å². The third kappa shape index (κ3) is 3.57. The number of benzene rings is 2. The molecular weight excluding hydrogens is 331 g/mol. The van der Waals surface area contributed by atoms with E-state index in [1.807, 2.05) is 23.1 Å². The average Bonchev–Trinajstić information content (AvgIpc) is 3.19. The van der Waals surface area contributed by atoms with Crippen LogP contribution in [0.2, 0.25) is 0 Å². The summed E-state index contributed by atoms with van der Waals surface area (Å²) in [7, 11) is 0. The highest BCUT2D eigenvalue weighted by Gasteiger charge is 2.34. The Morgan fingerprint density at radius 3 is 2.31 bits per heavy atom. The molecule has 6 heteroatoms. The smallest absolute Gasteiger partial charge is 0.241 e. The molecule has 2 fully saturated rings. The Morgan fingerprint density at radius 2 is 1.62 bits per heavy atom. The summed E-state index contributed by atoms with van der Waals surface area (Å²) in [6, 6.07) is 16.7. The van der Waals surface area contributed by atoms with Gasteiger partial charge in [0.25, 0.3) is 0 Å². The Kier molecular flexibility index (Phi) is 4.86. The van der Waals surface area contributed by atoms with Gasteiger partial charge in [-0.2, -0.15) is 0 Å². The number of hydrazine groups is 1. The molecule has 2 heterocycles. The summed E-state index contributed by atoms with van der Waals surface area (Å²) in [6.07, 6.45) is 0.751. The number of hydrogen-bond acceptors (Lipinski definition) is 4. The molecular formula is C20H23FN4O. The number of anilines is 1. The fraction of sp³-hybridized carbons (Fsp3) is 0.350. The summed E-state index contributed by atoms with van der Waals surface area (Å²) in [4.78, 5) is 16.9. The summed E-state index contributed by atoms with van der Waals surface area (Å²) in [6.45, 7) is 2.90. The standard InChI is InChI=1S/C20H23FN4O/c21-16-6-8-17(9-7-16)24-10-12-25(13-11-24)20(26)19-14-18(22-23-19)15-4-2-1-3-5-15/h1-9,18-19,22-23H,10-14H2. The SMILES string of the molecule is O=C(C1CC(c2ccccc2)NN1)N1CCN(c2ccc(F)cc2)CC1. The molecule has 0 bridgehead atoms. The predicted molar refractivity (Wildman–Crippen MR) is 99.1 cm³/mol. The van der Waals surface area contributed by atoms with Gasteiger partial charge in [0.05, 0.1) is 0 Å². The van der Waals surface area contributed by atoms with Crippen LogP contribution in [0.25, 0.3) is 0 Å². The second-order valence-corrected chi connectivity index (χ2v) is 6.83. The molecule has 2 N–H and O–H groups in total. The number of halogens is 1. The Balaban J connectivity index is 1.32. The van der Waals surface area contributed by atoms with Gasteiger partial charge in [-0.3, -0.25) is 4.79 Å². The van der Waals surface area contributed by atoms with Gasteiger partial charge in [-0.15, -0.1) is 0 Å². The van der Waals surface area contributed by atoms with Gasteiger partial charge in [-0.1, -0.05) is 30.3 Å². The molecule has 136 valence electrons. The van der Waals surface area contributed by atoms with Crippen molar-refractivity contribution in [3.05, 3.63) is 66.0 Å². The molecule has 0 aliphatic carbocycles. The van der Waals surface area contributed by atoms with Gasteiger partial charge < -0.3 is 9.80 Å². The zero-order valence-corrected chi connectivity index (χ0v) is 14.6. The third-order valence-corrected chi connectivity index (χ3v) is 5.19. The van der Waals surface area contributed by atoms with E-state index < -0.39 is 0 Å². The Bertz CT molecular complexity index is 744. The molecule has 0 saturated carbocycles. The lowest BCUT2D eigenvalue weighted by Gasteiger charge is -2.37. The molecule has 0 spiro atoms. The number of piperazine rings is 1. The normalized spacial score (nSPS) is 23.3. The first-order valence-corrected chi connectivity index (χ1v) is 9.06. The number of rotatable bonds is 3. The van der Waals surface area contributed by atoms with Crippen LogP contribution in [0.4, 0.5) is 10.1 Å². The van der Waals surface area contributed by atoms with Crippen molar-refractivity contribution < 1.29 is 9.18 Å². The Hall–Kier alpha value is -2.44. The van der Waals surface area contributed by atoms with Crippen LogP contribution in [0, 0.1) is 5.82 Å². The summed E-state index contributed by atoms with van der Waals surface area (Å²) in [5.74, 6) is -0.0787. The van der Waals surface area contributed by atoms with Crippen molar-refractivity contribution in [3.63, 3.8) is 0 Å². The lowest BCUT2D eigenvalue weighted by atomic mass is 10.0. The number of nitrogens with one attached hydrogen (secondary N) is 2. The van der Waals surface area contributed by atoms with E-state index in [9.17, 15) is 9.18 Å². The average molecular weight is 354 g/mol. The van der Waals surface area contributed by atoms with E-state index in [-0.39, 0.29) is 23.8 Å². The van der Waals surface area contributed by atoms with Gasteiger partial charge in [0, 0.05) is 37.9 Å². The molecule has 4 rings (SSSR count). The van der Waals surface area contributed by atoms with Crippen molar-refractivity contribution >= 4 is 11.6 Å². The van der Waals surface area contributed by atoms with Crippen molar-refractivity contribution in [1.29, 1.82) is 0 Å². The van der Waals surface area contributed by atoms with Crippen molar-refractivity contribution in [2.45, 2.75) is 18.5 Å².